The summed E-state index contributed by atoms with van der Waals surface area (Å²) in [5, 5.41) is 19.7. The fraction of sp³-hybridized carbons (Fsp3) is 0.125. The molecule has 0 radical (unpaired) electrons. The van der Waals surface area contributed by atoms with Gasteiger partial charge in [0.15, 0.2) is 0 Å². The summed E-state index contributed by atoms with van der Waals surface area (Å²) in [7, 11) is 0. The van der Waals surface area contributed by atoms with E-state index in [0.29, 0.717) is 27.7 Å². The molecule has 4 aromatic rings. The number of aromatic nitrogens is 7. The highest BCUT2D eigenvalue weighted by Crippen LogP contribution is 2.24. The Bertz CT molecular complexity index is 1060. The van der Waals surface area contributed by atoms with Crippen molar-refractivity contribution in [2.24, 2.45) is 0 Å². The summed E-state index contributed by atoms with van der Waals surface area (Å²) in [4.78, 5) is 5.61. The number of hydrogen-bond donors (Lipinski definition) is 0. The molecule has 0 aliphatic carbocycles. The van der Waals surface area contributed by atoms with E-state index in [1.807, 2.05) is 12.1 Å². The molecule has 0 saturated carbocycles. The predicted octanol–water partition coefficient (Wildman–Crippen LogP) is 3.42. The quantitative estimate of drug-likeness (QED) is 0.516. The normalized spacial score (nSPS) is 11.3. The molecular weight excluding hydrogens is 380 g/mol. The Morgan fingerprint density at radius 3 is 2.63 bits per heavy atom. The van der Waals surface area contributed by atoms with Crippen molar-refractivity contribution in [1.82, 2.24) is 35.4 Å². The first kappa shape index (κ1) is 17.2. The standard InChI is InChI=1S/C16H10ClF2N7O/c17-12-4-2-1-3-11(12)14-21-25-26(24-14)8-10-6-5-9(7-20-10)15-22-23-16(27-15)13(18)19/h1-7,13H,8H2. The molecule has 3 heterocycles. The fourth-order valence-corrected chi connectivity index (χ4v) is 2.51. The van der Waals surface area contributed by atoms with E-state index in [9.17, 15) is 8.78 Å². The summed E-state index contributed by atoms with van der Waals surface area (Å²) in [6.45, 7) is 0.268. The summed E-state index contributed by atoms with van der Waals surface area (Å²) in [6, 6.07) is 10.5. The van der Waals surface area contributed by atoms with Crippen LogP contribution < -0.4 is 0 Å². The van der Waals surface area contributed by atoms with Gasteiger partial charge >= 0.3 is 6.43 Å². The summed E-state index contributed by atoms with van der Waals surface area (Å²) in [6.07, 6.45) is -1.37. The van der Waals surface area contributed by atoms with Gasteiger partial charge in [-0.2, -0.15) is 13.6 Å². The van der Waals surface area contributed by atoms with Crippen LogP contribution in [0, 0.1) is 0 Å². The summed E-state index contributed by atoms with van der Waals surface area (Å²) < 4.78 is 29.9. The first-order chi connectivity index (χ1) is 13.1. The molecule has 0 bridgehead atoms. The van der Waals surface area contributed by atoms with Crippen molar-refractivity contribution in [3.63, 3.8) is 0 Å². The van der Waals surface area contributed by atoms with Crippen molar-refractivity contribution in [2.75, 3.05) is 0 Å². The number of benzene rings is 1. The zero-order valence-corrected chi connectivity index (χ0v) is 14.3. The molecule has 0 fully saturated rings. The first-order valence-corrected chi connectivity index (χ1v) is 8.07. The smallest absolute Gasteiger partial charge is 0.314 e. The SMILES string of the molecule is FC(F)c1nnc(-c2ccc(Cn3nnc(-c4ccccc4Cl)n3)nc2)o1. The lowest BCUT2D eigenvalue weighted by molar-refractivity contribution is 0.116. The molecule has 8 nitrogen and oxygen atoms in total. The minimum absolute atomic E-state index is 0.0239. The lowest BCUT2D eigenvalue weighted by Gasteiger charge is -2.00. The molecule has 1 aromatic carbocycles. The number of alkyl halides is 2. The maximum absolute atomic E-state index is 12.5. The average Bonchev–Trinajstić information content (AvgIpc) is 3.33. The van der Waals surface area contributed by atoms with Gasteiger partial charge in [-0.05, 0) is 29.5 Å². The van der Waals surface area contributed by atoms with Crippen molar-refractivity contribution in [1.29, 1.82) is 0 Å². The molecule has 0 amide bonds. The van der Waals surface area contributed by atoms with Gasteiger partial charge in [-0.1, -0.05) is 23.7 Å². The molecule has 0 spiro atoms. The maximum atomic E-state index is 12.5. The van der Waals surface area contributed by atoms with E-state index < -0.39 is 12.3 Å². The van der Waals surface area contributed by atoms with Gasteiger partial charge in [0, 0.05) is 11.8 Å². The minimum Gasteiger partial charge on any atom is -0.415 e. The van der Waals surface area contributed by atoms with Crippen LogP contribution in [-0.4, -0.2) is 35.4 Å². The number of pyridine rings is 1. The monoisotopic (exact) mass is 389 g/mol. The topological polar surface area (TPSA) is 95.4 Å². The first-order valence-electron chi connectivity index (χ1n) is 7.70. The van der Waals surface area contributed by atoms with Crippen molar-refractivity contribution in [3.8, 4) is 22.8 Å². The Labute approximate surface area is 155 Å². The zero-order chi connectivity index (χ0) is 18.8. The third-order valence-electron chi connectivity index (χ3n) is 3.57. The molecule has 27 heavy (non-hydrogen) atoms. The second kappa shape index (κ2) is 7.16. The third-order valence-corrected chi connectivity index (χ3v) is 3.90. The molecule has 4 rings (SSSR count). The van der Waals surface area contributed by atoms with Crippen LogP contribution >= 0.6 is 11.6 Å². The van der Waals surface area contributed by atoms with Gasteiger partial charge < -0.3 is 4.42 Å². The zero-order valence-electron chi connectivity index (χ0n) is 13.5. The second-order valence-corrected chi connectivity index (χ2v) is 5.81. The van der Waals surface area contributed by atoms with Crippen LogP contribution in [0.25, 0.3) is 22.8 Å². The fourth-order valence-electron chi connectivity index (χ4n) is 2.29. The Morgan fingerprint density at radius 2 is 1.93 bits per heavy atom. The van der Waals surface area contributed by atoms with E-state index in [0.717, 1.165) is 0 Å². The van der Waals surface area contributed by atoms with Gasteiger partial charge in [-0.15, -0.1) is 20.4 Å². The predicted molar refractivity (Wildman–Crippen MR) is 89.9 cm³/mol. The minimum atomic E-state index is -2.82. The number of tetrazole rings is 1. The van der Waals surface area contributed by atoms with Gasteiger partial charge in [0.1, 0.15) is 6.54 Å². The van der Waals surface area contributed by atoms with E-state index in [1.54, 1.807) is 24.3 Å². The highest BCUT2D eigenvalue weighted by Gasteiger charge is 2.17. The third kappa shape index (κ3) is 3.65. The lowest BCUT2D eigenvalue weighted by Crippen LogP contribution is -2.05. The molecule has 0 unspecified atom stereocenters. The molecular formula is C16H10ClF2N7O. The Kier molecular flexibility index (Phi) is 4.55. The van der Waals surface area contributed by atoms with Crippen LogP contribution in [0.3, 0.4) is 0 Å². The molecule has 0 aliphatic heterocycles. The Balaban J connectivity index is 1.50. The molecule has 136 valence electrons. The van der Waals surface area contributed by atoms with Crippen LogP contribution in [-0.2, 0) is 6.54 Å². The largest absolute Gasteiger partial charge is 0.415 e. The molecule has 11 heteroatoms. The van der Waals surface area contributed by atoms with E-state index in [4.69, 9.17) is 16.0 Å². The van der Waals surface area contributed by atoms with Crippen LogP contribution in [0.1, 0.15) is 18.0 Å². The lowest BCUT2D eigenvalue weighted by atomic mass is 10.2. The summed E-state index contributed by atoms with van der Waals surface area (Å²) in [5.74, 6) is -0.347. The van der Waals surface area contributed by atoms with Crippen molar-refractivity contribution in [3.05, 3.63) is 59.2 Å². The molecule has 0 N–H and O–H groups in total. The molecule has 0 saturated heterocycles. The molecule has 0 atom stereocenters. The highest BCUT2D eigenvalue weighted by atomic mass is 35.5. The number of halogens is 3. The summed E-state index contributed by atoms with van der Waals surface area (Å²) in [5.41, 5.74) is 1.75. The van der Waals surface area contributed by atoms with E-state index in [1.165, 1.54) is 11.0 Å². The molecule has 0 aliphatic rings. The maximum Gasteiger partial charge on any atom is 0.314 e. The number of nitrogens with zero attached hydrogens (tertiary/aromatic N) is 7. The van der Waals surface area contributed by atoms with E-state index in [-0.39, 0.29) is 12.4 Å². The van der Waals surface area contributed by atoms with Gasteiger partial charge in [0.2, 0.25) is 11.7 Å². The van der Waals surface area contributed by atoms with Gasteiger partial charge in [-0.25, -0.2) is 0 Å². The Hall–Kier alpha value is -3.27. The second-order valence-electron chi connectivity index (χ2n) is 5.41. The van der Waals surface area contributed by atoms with Crippen molar-refractivity contribution >= 4 is 11.6 Å². The van der Waals surface area contributed by atoms with Gasteiger partial charge in [-0.3, -0.25) is 4.98 Å². The number of hydrogen-bond acceptors (Lipinski definition) is 7. The van der Waals surface area contributed by atoms with Gasteiger partial charge in [0.05, 0.1) is 16.3 Å². The van der Waals surface area contributed by atoms with Crippen molar-refractivity contribution < 1.29 is 13.2 Å². The Morgan fingerprint density at radius 1 is 1.07 bits per heavy atom. The average molecular weight is 390 g/mol. The van der Waals surface area contributed by atoms with Crippen LogP contribution in [0.15, 0.2) is 47.0 Å². The number of rotatable bonds is 5. The van der Waals surface area contributed by atoms with Crippen molar-refractivity contribution in [2.45, 2.75) is 13.0 Å². The van der Waals surface area contributed by atoms with E-state index >= 15 is 0 Å². The van der Waals surface area contributed by atoms with Gasteiger partial charge in [0.25, 0.3) is 5.89 Å². The van der Waals surface area contributed by atoms with Crippen LogP contribution in [0.2, 0.25) is 5.02 Å². The van der Waals surface area contributed by atoms with Crippen LogP contribution in [0.4, 0.5) is 8.78 Å². The van der Waals surface area contributed by atoms with Crippen LogP contribution in [0.5, 0.6) is 0 Å². The summed E-state index contributed by atoms with van der Waals surface area (Å²) >= 11 is 6.13. The highest BCUT2D eigenvalue weighted by molar-refractivity contribution is 6.33. The van der Waals surface area contributed by atoms with E-state index in [2.05, 4.69) is 30.6 Å². The molecule has 3 aromatic heterocycles.